The van der Waals surface area contributed by atoms with Gasteiger partial charge in [-0.1, -0.05) is 61.7 Å². The topological polar surface area (TPSA) is 12.0 Å². The minimum atomic E-state index is 0.656. The Labute approximate surface area is 127 Å². The smallest absolute Gasteiger partial charge is 0.0214 e. The van der Waals surface area contributed by atoms with Crippen molar-refractivity contribution in [3.8, 4) is 0 Å². The minimum absolute atomic E-state index is 0.656. The summed E-state index contributed by atoms with van der Waals surface area (Å²) in [5.74, 6) is 0. The van der Waals surface area contributed by atoms with Gasteiger partial charge in [-0.25, -0.2) is 0 Å². The molecule has 1 spiro atoms. The number of hydrogen-bond donors (Lipinski definition) is 1. The van der Waals surface area contributed by atoms with Crippen LogP contribution in [0.5, 0.6) is 0 Å². The summed E-state index contributed by atoms with van der Waals surface area (Å²) in [6.07, 6.45) is 10.1. The molecular formula is C20H25N. The molecule has 2 saturated carbocycles. The maximum Gasteiger partial charge on any atom is 0.0214 e. The fourth-order valence-corrected chi connectivity index (χ4v) is 4.55. The van der Waals surface area contributed by atoms with E-state index in [4.69, 9.17) is 0 Å². The minimum Gasteiger partial charge on any atom is -0.309 e. The highest BCUT2D eigenvalue weighted by molar-refractivity contribution is 5.85. The predicted octanol–water partition coefficient (Wildman–Crippen LogP) is 5.04. The molecule has 2 aromatic carbocycles. The highest BCUT2D eigenvalue weighted by Crippen LogP contribution is 2.51. The van der Waals surface area contributed by atoms with Gasteiger partial charge in [0.05, 0.1) is 0 Å². The van der Waals surface area contributed by atoms with Crippen LogP contribution in [0.25, 0.3) is 10.8 Å². The van der Waals surface area contributed by atoms with E-state index in [1.54, 1.807) is 0 Å². The predicted molar refractivity (Wildman–Crippen MR) is 89.3 cm³/mol. The van der Waals surface area contributed by atoms with Crippen LogP contribution in [0.3, 0.4) is 0 Å². The third-order valence-corrected chi connectivity index (χ3v) is 5.94. The molecule has 0 saturated heterocycles. The number of fused-ring (bicyclic) bond motifs is 1. The van der Waals surface area contributed by atoms with Gasteiger partial charge in [0, 0.05) is 12.6 Å². The highest BCUT2D eigenvalue weighted by Gasteiger charge is 2.46. The van der Waals surface area contributed by atoms with E-state index in [0.29, 0.717) is 5.41 Å². The van der Waals surface area contributed by atoms with Crippen LogP contribution in [-0.2, 0) is 6.54 Å². The van der Waals surface area contributed by atoms with Crippen molar-refractivity contribution in [1.82, 2.24) is 5.32 Å². The Balaban J connectivity index is 1.49. The standard InChI is InChI=1S/C20H25N/c1-4-12-20(13-5-1)14-11-19(20)21-15-17-9-6-8-16-7-2-3-10-18(16)17/h2-3,6-10,19,21H,1,4-5,11-15H2. The summed E-state index contributed by atoms with van der Waals surface area (Å²) < 4.78 is 0. The summed E-state index contributed by atoms with van der Waals surface area (Å²) >= 11 is 0. The summed E-state index contributed by atoms with van der Waals surface area (Å²) in [6, 6.07) is 16.2. The second-order valence-electron chi connectivity index (χ2n) is 7.03. The van der Waals surface area contributed by atoms with Gasteiger partial charge < -0.3 is 5.32 Å². The van der Waals surface area contributed by atoms with Crippen LogP contribution >= 0.6 is 0 Å². The molecule has 0 aromatic heterocycles. The molecule has 0 aliphatic heterocycles. The first-order valence-corrected chi connectivity index (χ1v) is 8.57. The van der Waals surface area contributed by atoms with Crippen LogP contribution in [0.1, 0.15) is 50.5 Å². The molecule has 0 heterocycles. The molecule has 1 nitrogen and oxygen atoms in total. The molecule has 21 heavy (non-hydrogen) atoms. The van der Waals surface area contributed by atoms with Gasteiger partial charge in [-0.3, -0.25) is 0 Å². The Kier molecular flexibility index (Phi) is 3.46. The lowest BCUT2D eigenvalue weighted by Gasteiger charge is -2.52. The van der Waals surface area contributed by atoms with Crippen molar-refractivity contribution in [2.75, 3.05) is 0 Å². The summed E-state index contributed by atoms with van der Waals surface area (Å²) in [6.45, 7) is 1.02. The van der Waals surface area contributed by atoms with Gasteiger partial charge in [0.1, 0.15) is 0 Å². The first-order chi connectivity index (χ1) is 10.4. The third-order valence-electron chi connectivity index (χ3n) is 5.94. The van der Waals surface area contributed by atoms with Crippen LogP contribution < -0.4 is 5.32 Å². The van der Waals surface area contributed by atoms with Gasteiger partial charge in [0.25, 0.3) is 0 Å². The van der Waals surface area contributed by atoms with Crippen molar-refractivity contribution in [3.63, 3.8) is 0 Å². The molecular weight excluding hydrogens is 254 g/mol. The third kappa shape index (κ3) is 2.38. The molecule has 0 bridgehead atoms. The zero-order chi connectivity index (χ0) is 14.1. The molecule has 1 N–H and O–H groups in total. The van der Waals surface area contributed by atoms with Crippen molar-refractivity contribution in [2.24, 2.45) is 5.41 Å². The molecule has 2 aromatic rings. The van der Waals surface area contributed by atoms with Crippen molar-refractivity contribution >= 4 is 10.8 Å². The summed E-state index contributed by atoms with van der Waals surface area (Å²) in [5, 5.41) is 6.65. The molecule has 1 atom stereocenters. The fourth-order valence-electron chi connectivity index (χ4n) is 4.55. The monoisotopic (exact) mass is 279 g/mol. The van der Waals surface area contributed by atoms with Crippen LogP contribution in [0, 0.1) is 5.41 Å². The zero-order valence-electron chi connectivity index (χ0n) is 12.8. The van der Waals surface area contributed by atoms with Gasteiger partial charge in [-0.15, -0.1) is 0 Å². The van der Waals surface area contributed by atoms with E-state index in [1.165, 1.54) is 61.3 Å². The van der Waals surface area contributed by atoms with Crippen molar-refractivity contribution < 1.29 is 0 Å². The average Bonchev–Trinajstić information content (AvgIpc) is 2.55. The summed E-state index contributed by atoms with van der Waals surface area (Å²) in [5.41, 5.74) is 2.11. The number of benzene rings is 2. The molecule has 2 aliphatic rings. The zero-order valence-corrected chi connectivity index (χ0v) is 12.8. The lowest BCUT2D eigenvalue weighted by Crippen LogP contribution is -2.53. The van der Waals surface area contributed by atoms with Gasteiger partial charge in [-0.05, 0) is 47.4 Å². The van der Waals surface area contributed by atoms with Gasteiger partial charge >= 0.3 is 0 Å². The molecule has 0 radical (unpaired) electrons. The number of nitrogens with one attached hydrogen (secondary N) is 1. The summed E-state index contributed by atoms with van der Waals surface area (Å²) in [4.78, 5) is 0. The number of hydrogen-bond acceptors (Lipinski definition) is 1. The van der Waals surface area contributed by atoms with Crippen molar-refractivity contribution in [1.29, 1.82) is 0 Å². The van der Waals surface area contributed by atoms with E-state index in [-0.39, 0.29) is 0 Å². The Bertz CT molecular complexity index is 619. The Morgan fingerprint density at radius 1 is 0.905 bits per heavy atom. The maximum atomic E-state index is 3.89. The van der Waals surface area contributed by atoms with Crippen molar-refractivity contribution in [3.05, 3.63) is 48.0 Å². The number of rotatable bonds is 3. The van der Waals surface area contributed by atoms with Crippen LogP contribution in [0.4, 0.5) is 0 Å². The molecule has 4 rings (SSSR count). The lowest BCUT2D eigenvalue weighted by atomic mass is 9.57. The molecule has 2 aliphatic carbocycles. The maximum absolute atomic E-state index is 3.89. The van der Waals surface area contributed by atoms with Crippen LogP contribution in [-0.4, -0.2) is 6.04 Å². The van der Waals surface area contributed by atoms with Crippen LogP contribution in [0.2, 0.25) is 0 Å². The van der Waals surface area contributed by atoms with E-state index in [9.17, 15) is 0 Å². The summed E-state index contributed by atoms with van der Waals surface area (Å²) in [7, 11) is 0. The molecule has 0 amide bonds. The van der Waals surface area contributed by atoms with E-state index in [2.05, 4.69) is 47.8 Å². The van der Waals surface area contributed by atoms with Gasteiger partial charge in [0.15, 0.2) is 0 Å². The van der Waals surface area contributed by atoms with Crippen molar-refractivity contribution in [2.45, 2.75) is 57.5 Å². The second kappa shape index (κ2) is 5.46. The first kappa shape index (κ1) is 13.3. The van der Waals surface area contributed by atoms with E-state index >= 15 is 0 Å². The quantitative estimate of drug-likeness (QED) is 0.829. The van der Waals surface area contributed by atoms with Gasteiger partial charge in [-0.2, -0.15) is 0 Å². The molecule has 1 heteroatoms. The molecule has 1 unspecified atom stereocenters. The van der Waals surface area contributed by atoms with Crippen LogP contribution in [0.15, 0.2) is 42.5 Å². The Hall–Kier alpha value is -1.34. The Morgan fingerprint density at radius 3 is 2.52 bits per heavy atom. The molecule has 110 valence electrons. The molecule has 2 fully saturated rings. The lowest BCUT2D eigenvalue weighted by molar-refractivity contribution is 0.0222. The van der Waals surface area contributed by atoms with E-state index < -0.39 is 0 Å². The SMILES string of the molecule is c1ccc2c(CNC3CCC34CCCCC4)cccc2c1. The van der Waals surface area contributed by atoms with Gasteiger partial charge in [0.2, 0.25) is 0 Å². The second-order valence-corrected chi connectivity index (χ2v) is 7.03. The largest absolute Gasteiger partial charge is 0.309 e. The fraction of sp³-hybridized carbons (Fsp3) is 0.500. The average molecular weight is 279 g/mol. The normalized spacial score (nSPS) is 24.1. The first-order valence-electron chi connectivity index (χ1n) is 8.57. The van der Waals surface area contributed by atoms with E-state index in [0.717, 1.165) is 12.6 Å². The van der Waals surface area contributed by atoms with E-state index in [1.807, 2.05) is 0 Å². The highest BCUT2D eigenvalue weighted by atomic mass is 15.0. The Morgan fingerprint density at radius 2 is 1.71 bits per heavy atom.